The predicted molar refractivity (Wildman–Crippen MR) is 74.2 cm³/mol. The van der Waals surface area contributed by atoms with E-state index in [1.165, 1.54) is 5.56 Å². The van der Waals surface area contributed by atoms with E-state index in [-0.39, 0.29) is 11.5 Å². The van der Waals surface area contributed by atoms with Gasteiger partial charge in [0, 0.05) is 5.69 Å². The van der Waals surface area contributed by atoms with Gasteiger partial charge in [-0.15, -0.1) is 0 Å². The van der Waals surface area contributed by atoms with E-state index in [1.807, 2.05) is 13.0 Å². The van der Waals surface area contributed by atoms with Crippen LogP contribution in [0.4, 0.5) is 5.69 Å². The summed E-state index contributed by atoms with van der Waals surface area (Å²) < 4.78 is 0. The molecule has 0 aliphatic heterocycles. The molecule has 17 heavy (non-hydrogen) atoms. The molecule has 1 aromatic rings. The molecule has 2 nitrogen and oxygen atoms in total. The number of benzene rings is 1. The number of aliphatic hydroxyl groups excluding tert-OH is 1. The van der Waals surface area contributed by atoms with Gasteiger partial charge in [0.15, 0.2) is 0 Å². The molecule has 0 heterocycles. The molecule has 1 atom stereocenters. The molecule has 0 saturated heterocycles. The van der Waals surface area contributed by atoms with Crippen molar-refractivity contribution in [3.05, 3.63) is 29.3 Å². The van der Waals surface area contributed by atoms with E-state index in [1.54, 1.807) is 0 Å². The lowest BCUT2D eigenvalue weighted by atomic mass is 9.85. The molecular weight excluding hydrogens is 210 g/mol. The summed E-state index contributed by atoms with van der Waals surface area (Å²) in [7, 11) is 0. The zero-order valence-corrected chi connectivity index (χ0v) is 11.5. The molecule has 1 aromatic carbocycles. The number of anilines is 1. The SMILES string of the molecule is CCC(O)CCc1cc(C(C)(C)C)ccc1N. The first-order valence-electron chi connectivity index (χ1n) is 6.41. The van der Waals surface area contributed by atoms with Crippen LogP contribution in [0.2, 0.25) is 0 Å². The van der Waals surface area contributed by atoms with E-state index in [4.69, 9.17) is 5.73 Å². The van der Waals surface area contributed by atoms with Gasteiger partial charge in [-0.25, -0.2) is 0 Å². The normalized spacial score (nSPS) is 13.7. The van der Waals surface area contributed by atoms with Gasteiger partial charge in [-0.05, 0) is 41.9 Å². The summed E-state index contributed by atoms with van der Waals surface area (Å²) in [5.74, 6) is 0. The fraction of sp³-hybridized carbons (Fsp3) is 0.600. The van der Waals surface area contributed by atoms with Crippen molar-refractivity contribution in [3.63, 3.8) is 0 Å². The minimum atomic E-state index is -0.215. The fourth-order valence-electron chi connectivity index (χ4n) is 1.82. The maximum atomic E-state index is 9.60. The highest BCUT2D eigenvalue weighted by atomic mass is 16.3. The number of aliphatic hydroxyl groups is 1. The second-order valence-electron chi connectivity index (χ2n) is 5.76. The lowest BCUT2D eigenvalue weighted by Gasteiger charge is -2.21. The van der Waals surface area contributed by atoms with Crippen LogP contribution in [0.15, 0.2) is 18.2 Å². The van der Waals surface area contributed by atoms with Crippen LogP contribution >= 0.6 is 0 Å². The van der Waals surface area contributed by atoms with Crippen LogP contribution in [-0.4, -0.2) is 11.2 Å². The highest BCUT2D eigenvalue weighted by molar-refractivity contribution is 5.49. The number of rotatable bonds is 4. The largest absolute Gasteiger partial charge is 0.399 e. The maximum Gasteiger partial charge on any atom is 0.0540 e. The van der Waals surface area contributed by atoms with Crippen LogP contribution < -0.4 is 5.73 Å². The number of hydrogen-bond acceptors (Lipinski definition) is 2. The third kappa shape index (κ3) is 4.04. The van der Waals surface area contributed by atoms with Crippen molar-refractivity contribution in [1.29, 1.82) is 0 Å². The number of aryl methyl sites for hydroxylation is 1. The number of hydrogen-bond donors (Lipinski definition) is 2. The van der Waals surface area contributed by atoms with Crippen LogP contribution in [0.3, 0.4) is 0 Å². The van der Waals surface area contributed by atoms with Crippen molar-refractivity contribution < 1.29 is 5.11 Å². The Morgan fingerprint density at radius 3 is 2.47 bits per heavy atom. The Balaban J connectivity index is 2.84. The third-order valence-electron chi connectivity index (χ3n) is 3.23. The van der Waals surface area contributed by atoms with Crippen molar-refractivity contribution in [1.82, 2.24) is 0 Å². The molecule has 0 spiro atoms. The monoisotopic (exact) mass is 235 g/mol. The molecule has 1 rings (SSSR count). The molecule has 0 bridgehead atoms. The van der Waals surface area contributed by atoms with Crippen LogP contribution in [0.1, 0.15) is 51.7 Å². The summed E-state index contributed by atoms with van der Waals surface area (Å²) in [5.41, 5.74) is 9.41. The number of nitrogen functional groups attached to an aromatic ring is 1. The van der Waals surface area contributed by atoms with Crippen molar-refractivity contribution in [3.8, 4) is 0 Å². The van der Waals surface area contributed by atoms with Crippen LogP contribution in [0, 0.1) is 0 Å². The Labute approximate surface area is 105 Å². The van der Waals surface area contributed by atoms with Crippen molar-refractivity contribution in [2.75, 3.05) is 5.73 Å². The van der Waals surface area contributed by atoms with E-state index in [0.29, 0.717) is 0 Å². The van der Waals surface area contributed by atoms with Gasteiger partial charge in [0.1, 0.15) is 0 Å². The summed E-state index contributed by atoms with van der Waals surface area (Å²) in [4.78, 5) is 0. The summed E-state index contributed by atoms with van der Waals surface area (Å²) >= 11 is 0. The summed E-state index contributed by atoms with van der Waals surface area (Å²) in [6.07, 6.45) is 2.23. The Morgan fingerprint density at radius 1 is 1.29 bits per heavy atom. The van der Waals surface area contributed by atoms with Gasteiger partial charge in [-0.1, -0.05) is 39.8 Å². The van der Waals surface area contributed by atoms with Crippen molar-refractivity contribution >= 4 is 5.69 Å². The Morgan fingerprint density at radius 2 is 1.94 bits per heavy atom. The zero-order valence-electron chi connectivity index (χ0n) is 11.5. The first kappa shape index (κ1) is 14.0. The predicted octanol–water partition coefficient (Wildman–Crippen LogP) is 3.27. The molecule has 3 N–H and O–H groups in total. The van der Waals surface area contributed by atoms with Crippen LogP contribution in [0.5, 0.6) is 0 Å². The van der Waals surface area contributed by atoms with Gasteiger partial charge < -0.3 is 10.8 Å². The fourth-order valence-corrected chi connectivity index (χ4v) is 1.82. The second-order valence-corrected chi connectivity index (χ2v) is 5.76. The van der Waals surface area contributed by atoms with Crippen LogP contribution in [-0.2, 0) is 11.8 Å². The molecule has 0 amide bonds. The highest BCUT2D eigenvalue weighted by Gasteiger charge is 2.15. The van der Waals surface area contributed by atoms with E-state index >= 15 is 0 Å². The van der Waals surface area contributed by atoms with E-state index < -0.39 is 0 Å². The molecule has 0 radical (unpaired) electrons. The molecule has 0 aliphatic rings. The standard InChI is InChI=1S/C15H25NO/c1-5-13(17)8-6-11-10-12(15(2,3)4)7-9-14(11)16/h7,9-10,13,17H,5-6,8,16H2,1-4H3. The lowest BCUT2D eigenvalue weighted by molar-refractivity contribution is 0.161. The van der Waals surface area contributed by atoms with Gasteiger partial charge in [0.25, 0.3) is 0 Å². The van der Waals surface area contributed by atoms with Crippen molar-refractivity contribution in [2.45, 2.75) is 58.5 Å². The molecule has 0 aromatic heterocycles. The zero-order chi connectivity index (χ0) is 13.1. The van der Waals surface area contributed by atoms with Gasteiger partial charge in [0.05, 0.1) is 6.10 Å². The third-order valence-corrected chi connectivity index (χ3v) is 3.23. The molecule has 0 saturated carbocycles. The van der Waals surface area contributed by atoms with Gasteiger partial charge in [0.2, 0.25) is 0 Å². The van der Waals surface area contributed by atoms with Gasteiger partial charge >= 0.3 is 0 Å². The highest BCUT2D eigenvalue weighted by Crippen LogP contribution is 2.26. The average Bonchev–Trinajstić information content (AvgIpc) is 2.26. The first-order chi connectivity index (χ1) is 7.84. The topological polar surface area (TPSA) is 46.2 Å². The van der Waals surface area contributed by atoms with E-state index in [2.05, 4.69) is 32.9 Å². The Bertz CT molecular complexity index is 366. The molecule has 0 aliphatic carbocycles. The van der Waals surface area contributed by atoms with Gasteiger partial charge in [-0.3, -0.25) is 0 Å². The minimum absolute atomic E-state index is 0.145. The number of nitrogens with two attached hydrogens (primary N) is 1. The summed E-state index contributed by atoms with van der Waals surface area (Å²) in [6.45, 7) is 8.59. The van der Waals surface area contributed by atoms with E-state index in [9.17, 15) is 5.11 Å². The molecule has 0 fully saturated rings. The maximum absolute atomic E-state index is 9.60. The van der Waals surface area contributed by atoms with E-state index in [0.717, 1.165) is 30.5 Å². The molecule has 1 unspecified atom stereocenters. The van der Waals surface area contributed by atoms with Crippen molar-refractivity contribution in [2.24, 2.45) is 0 Å². The van der Waals surface area contributed by atoms with Gasteiger partial charge in [-0.2, -0.15) is 0 Å². The second kappa shape index (κ2) is 5.54. The minimum Gasteiger partial charge on any atom is -0.399 e. The molecule has 2 heteroatoms. The molecular formula is C15H25NO. The lowest BCUT2D eigenvalue weighted by Crippen LogP contribution is -2.13. The Hall–Kier alpha value is -1.02. The van der Waals surface area contributed by atoms with Crippen LogP contribution in [0.25, 0.3) is 0 Å². The quantitative estimate of drug-likeness (QED) is 0.787. The summed E-state index contributed by atoms with van der Waals surface area (Å²) in [6, 6.07) is 6.25. The first-order valence-corrected chi connectivity index (χ1v) is 6.41. The average molecular weight is 235 g/mol. The Kier molecular flexibility index (Phi) is 4.58. The molecule has 96 valence electrons. The summed E-state index contributed by atoms with van der Waals surface area (Å²) in [5, 5.41) is 9.60. The smallest absolute Gasteiger partial charge is 0.0540 e.